The molecule has 1 N–H and O–H groups in total. The van der Waals surface area contributed by atoms with Crippen molar-refractivity contribution < 1.29 is 17.9 Å². The molecule has 0 saturated heterocycles. The Labute approximate surface area is 126 Å². The molecular formula is C14H17F3N4O. The van der Waals surface area contributed by atoms with Crippen molar-refractivity contribution in [1.82, 2.24) is 15.0 Å². The molecule has 0 amide bonds. The molecule has 0 fully saturated rings. The number of aromatic nitrogens is 3. The van der Waals surface area contributed by atoms with Gasteiger partial charge in [-0.25, -0.2) is 4.68 Å². The molecule has 2 aromatic rings. The number of anilines is 1. The summed E-state index contributed by atoms with van der Waals surface area (Å²) >= 11 is 0. The largest absolute Gasteiger partial charge is 0.482 e. The predicted octanol–water partition coefficient (Wildman–Crippen LogP) is 3.16. The minimum absolute atomic E-state index is 0.160. The van der Waals surface area contributed by atoms with Gasteiger partial charge in [0.1, 0.15) is 5.75 Å². The van der Waals surface area contributed by atoms with Gasteiger partial charge in [-0.1, -0.05) is 17.3 Å². The summed E-state index contributed by atoms with van der Waals surface area (Å²) in [6.45, 7) is 3.53. The van der Waals surface area contributed by atoms with Crippen molar-refractivity contribution in [2.24, 2.45) is 0 Å². The van der Waals surface area contributed by atoms with Crippen molar-refractivity contribution in [3.63, 3.8) is 0 Å². The van der Waals surface area contributed by atoms with Crippen molar-refractivity contribution in [3.05, 3.63) is 35.7 Å². The molecule has 5 nitrogen and oxygen atoms in total. The van der Waals surface area contributed by atoms with E-state index in [2.05, 4.69) is 15.6 Å². The number of hydrogen-bond acceptors (Lipinski definition) is 4. The van der Waals surface area contributed by atoms with Crippen LogP contribution in [-0.4, -0.2) is 27.8 Å². The molecule has 1 heterocycles. The van der Waals surface area contributed by atoms with Gasteiger partial charge in [0.05, 0.1) is 23.6 Å². The van der Waals surface area contributed by atoms with E-state index in [0.29, 0.717) is 18.8 Å². The molecule has 0 aliphatic heterocycles. The summed E-state index contributed by atoms with van der Waals surface area (Å²) in [5.41, 5.74) is 2.16. The van der Waals surface area contributed by atoms with E-state index in [9.17, 15) is 13.2 Å². The fraction of sp³-hybridized carbons (Fsp3) is 0.429. The number of hydrogen-bond donors (Lipinski definition) is 1. The minimum atomic E-state index is -4.37. The smallest absolute Gasteiger partial charge is 0.422 e. The predicted molar refractivity (Wildman–Crippen MR) is 75.8 cm³/mol. The average molecular weight is 314 g/mol. The number of benzene rings is 1. The number of rotatable bonds is 6. The maximum atomic E-state index is 12.3. The van der Waals surface area contributed by atoms with Crippen molar-refractivity contribution in [2.75, 3.05) is 11.9 Å². The van der Waals surface area contributed by atoms with Gasteiger partial charge in [0.15, 0.2) is 6.61 Å². The minimum Gasteiger partial charge on any atom is -0.482 e. The number of halogens is 3. The third kappa shape index (κ3) is 4.12. The van der Waals surface area contributed by atoms with Crippen LogP contribution < -0.4 is 10.1 Å². The van der Waals surface area contributed by atoms with Crippen molar-refractivity contribution in [3.8, 4) is 5.75 Å². The van der Waals surface area contributed by atoms with Crippen LogP contribution in [0.2, 0.25) is 0 Å². The van der Waals surface area contributed by atoms with E-state index in [1.54, 1.807) is 22.9 Å². The number of aryl methyl sites for hydroxylation is 2. The number of nitrogens with one attached hydrogen (secondary N) is 1. The highest BCUT2D eigenvalue weighted by molar-refractivity contribution is 5.56. The third-order valence-electron chi connectivity index (χ3n) is 3.06. The lowest BCUT2D eigenvalue weighted by atomic mass is 10.2. The number of nitrogens with zero attached hydrogens (tertiary/aromatic N) is 3. The fourth-order valence-electron chi connectivity index (χ4n) is 1.97. The van der Waals surface area contributed by atoms with Gasteiger partial charge in [-0.15, -0.1) is 5.10 Å². The van der Waals surface area contributed by atoms with Crippen molar-refractivity contribution >= 4 is 5.69 Å². The van der Waals surface area contributed by atoms with Crippen LogP contribution in [0.25, 0.3) is 0 Å². The topological polar surface area (TPSA) is 52.0 Å². The zero-order chi connectivity index (χ0) is 16.2. The molecule has 0 atom stereocenters. The Hall–Kier alpha value is -2.25. The second-order valence-electron chi connectivity index (χ2n) is 4.69. The summed E-state index contributed by atoms with van der Waals surface area (Å²) in [5.74, 6) is 0.160. The van der Waals surface area contributed by atoms with Crippen LogP contribution in [0.1, 0.15) is 18.3 Å². The lowest BCUT2D eigenvalue weighted by molar-refractivity contribution is -0.153. The molecule has 120 valence electrons. The second-order valence-corrected chi connectivity index (χ2v) is 4.69. The molecule has 0 saturated carbocycles. The molecule has 1 aromatic carbocycles. The maximum absolute atomic E-state index is 12.3. The number of para-hydroxylation sites is 2. The third-order valence-corrected chi connectivity index (χ3v) is 3.06. The molecule has 2 rings (SSSR count). The quantitative estimate of drug-likeness (QED) is 0.890. The molecular weight excluding hydrogens is 297 g/mol. The standard InChI is InChI=1S/C14H17F3N4O/c1-3-21-12(10(2)19-20-21)8-18-11-6-4-5-7-13(11)22-9-14(15,16)17/h4-7,18H,3,8-9H2,1-2H3. The summed E-state index contributed by atoms with van der Waals surface area (Å²) in [5, 5.41) is 11.0. The van der Waals surface area contributed by atoms with Crippen LogP contribution in [0.4, 0.5) is 18.9 Å². The van der Waals surface area contributed by atoms with Crippen LogP contribution >= 0.6 is 0 Å². The normalized spacial score (nSPS) is 11.5. The van der Waals surface area contributed by atoms with Crippen LogP contribution in [-0.2, 0) is 13.1 Å². The Kier molecular flexibility index (Phi) is 4.89. The zero-order valence-corrected chi connectivity index (χ0v) is 12.3. The van der Waals surface area contributed by atoms with E-state index in [-0.39, 0.29) is 5.75 Å². The highest BCUT2D eigenvalue weighted by Crippen LogP contribution is 2.26. The SMILES string of the molecule is CCn1nnc(C)c1CNc1ccccc1OCC(F)(F)F. The van der Waals surface area contributed by atoms with Gasteiger partial charge in [0, 0.05) is 6.54 Å². The molecule has 8 heteroatoms. The zero-order valence-electron chi connectivity index (χ0n) is 12.3. The molecule has 0 aliphatic rings. The highest BCUT2D eigenvalue weighted by Gasteiger charge is 2.28. The van der Waals surface area contributed by atoms with Gasteiger partial charge in [0.25, 0.3) is 0 Å². The molecule has 0 aliphatic carbocycles. The number of ether oxygens (including phenoxy) is 1. The highest BCUT2D eigenvalue weighted by atomic mass is 19.4. The molecule has 0 spiro atoms. The summed E-state index contributed by atoms with van der Waals surface area (Å²) in [6.07, 6.45) is -4.37. The summed E-state index contributed by atoms with van der Waals surface area (Å²) < 4.78 is 43.4. The first-order valence-corrected chi connectivity index (χ1v) is 6.82. The summed E-state index contributed by atoms with van der Waals surface area (Å²) in [4.78, 5) is 0. The van der Waals surface area contributed by atoms with Gasteiger partial charge in [0.2, 0.25) is 0 Å². The summed E-state index contributed by atoms with van der Waals surface area (Å²) in [6, 6.07) is 6.52. The van der Waals surface area contributed by atoms with E-state index in [4.69, 9.17) is 4.74 Å². The van der Waals surface area contributed by atoms with Crippen LogP contribution in [0.3, 0.4) is 0 Å². The van der Waals surface area contributed by atoms with Crippen LogP contribution in [0, 0.1) is 6.92 Å². The Morgan fingerprint density at radius 2 is 2.00 bits per heavy atom. The van der Waals surface area contributed by atoms with Crippen molar-refractivity contribution in [1.29, 1.82) is 0 Å². The van der Waals surface area contributed by atoms with Gasteiger partial charge in [-0.05, 0) is 26.0 Å². The Balaban J connectivity index is 2.08. The Morgan fingerprint density at radius 3 is 2.68 bits per heavy atom. The van der Waals surface area contributed by atoms with Crippen LogP contribution in [0.5, 0.6) is 5.75 Å². The second kappa shape index (κ2) is 6.67. The van der Waals surface area contributed by atoms with E-state index in [0.717, 1.165) is 11.4 Å². The lowest BCUT2D eigenvalue weighted by Crippen LogP contribution is -2.19. The van der Waals surface area contributed by atoms with Crippen molar-refractivity contribution in [2.45, 2.75) is 33.1 Å². The number of alkyl halides is 3. The van der Waals surface area contributed by atoms with Gasteiger partial charge >= 0.3 is 6.18 Å². The van der Waals surface area contributed by atoms with Crippen LogP contribution in [0.15, 0.2) is 24.3 Å². The Bertz CT molecular complexity index is 625. The van der Waals surface area contributed by atoms with Gasteiger partial charge in [-0.2, -0.15) is 13.2 Å². The maximum Gasteiger partial charge on any atom is 0.422 e. The molecule has 0 bridgehead atoms. The van der Waals surface area contributed by atoms with E-state index < -0.39 is 12.8 Å². The fourth-order valence-corrected chi connectivity index (χ4v) is 1.97. The molecule has 1 aromatic heterocycles. The van der Waals surface area contributed by atoms with Gasteiger partial charge in [-0.3, -0.25) is 0 Å². The van der Waals surface area contributed by atoms with Gasteiger partial charge < -0.3 is 10.1 Å². The first kappa shape index (κ1) is 16.1. The molecule has 0 unspecified atom stereocenters. The van der Waals surface area contributed by atoms with E-state index >= 15 is 0 Å². The van der Waals surface area contributed by atoms with E-state index in [1.165, 1.54) is 6.07 Å². The lowest BCUT2D eigenvalue weighted by Gasteiger charge is -2.14. The van der Waals surface area contributed by atoms with E-state index in [1.807, 2.05) is 13.8 Å². The first-order chi connectivity index (χ1) is 10.4. The molecule has 0 radical (unpaired) electrons. The average Bonchev–Trinajstić information content (AvgIpc) is 2.83. The summed E-state index contributed by atoms with van der Waals surface area (Å²) in [7, 11) is 0. The monoisotopic (exact) mass is 314 g/mol. The molecule has 22 heavy (non-hydrogen) atoms. The first-order valence-electron chi connectivity index (χ1n) is 6.82. The Morgan fingerprint density at radius 1 is 1.27 bits per heavy atom.